The van der Waals surface area contributed by atoms with Crippen molar-refractivity contribution in [1.82, 2.24) is 0 Å². The molecule has 0 saturated carbocycles. The summed E-state index contributed by atoms with van der Waals surface area (Å²) in [5.41, 5.74) is 2.40. The maximum Gasteiger partial charge on any atom is 0.406 e. The van der Waals surface area contributed by atoms with Crippen LogP contribution in [0.4, 0.5) is 17.6 Å². The molecule has 0 aliphatic carbocycles. The fourth-order valence-corrected chi connectivity index (χ4v) is 4.15. The lowest BCUT2D eigenvalue weighted by Crippen LogP contribution is -2.58. The summed E-state index contributed by atoms with van der Waals surface area (Å²) in [6.45, 7) is 3.09. The minimum atomic E-state index is -4.79. The van der Waals surface area contributed by atoms with Crippen molar-refractivity contribution in [2.75, 3.05) is 7.11 Å². The summed E-state index contributed by atoms with van der Waals surface area (Å²) >= 11 is 18.0. The van der Waals surface area contributed by atoms with E-state index in [0.29, 0.717) is 0 Å². The average molecular weight is 473 g/mol. The normalized spacial score (nSPS) is 14.6. The Kier molecular flexibility index (Phi) is 7.05. The van der Waals surface area contributed by atoms with Crippen LogP contribution in [0.5, 0.6) is 5.75 Å². The summed E-state index contributed by atoms with van der Waals surface area (Å²) < 4.78 is 61.3. The third kappa shape index (κ3) is 5.29. The molecule has 2 N–H and O–H groups in total. The zero-order valence-electron chi connectivity index (χ0n) is 15.9. The molecule has 9 heteroatoms. The van der Waals surface area contributed by atoms with Gasteiger partial charge in [0.2, 0.25) is 0 Å². The lowest BCUT2D eigenvalue weighted by molar-refractivity contribution is -0.191. The first-order valence-electron chi connectivity index (χ1n) is 8.53. The lowest BCUT2D eigenvalue weighted by atomic mass is 9.71. The molecule has 0 saturated heterocycles. The number of hydrogen-bond donors (Lipinski definition) is 1. The van der Waals surface area contributed by atoms with E-state index in [1.165, 1.54) is 31.4 Å². The van der Waals surface area contributed by atoms with E-state index in [2.05, 4.69) is 0 Å². The topological polar surface area (TPSA) is 35.2 Å². The first-order chi connectivity index (χ1) is 13.2. The molecule has 2 rings (SSSR count). The van der Waals surface area contributed by atoms with E-state index in [1.54, 1.807) is 13.8 Å². The maximum atomic E-state index is 14.1. The van der Waals surface area contributed by atoms with Crippen LogP contribution in [0.2, 0.25) is 15.1 Å². The molecule has 0 spiro atoms. The number of nitrogens with two attached hydrogens (primary N) is 1. The molecule has 2 nitrogen and oxygen atoms in total. The van der Waals surface area contributed by atoms with E-state index in [1.807, 2.05) is 0 Å². The first-order valence-corrected chi connectivity index (χ1v) is 9.66. The SMILES string of the molecule is COc1ccc(F)cc1C(C)(C)CC(N)(Cc1cc(Cl)cc(Cl)c1Cl)C(F)(F)F. The average Bonchev–Trinajstić information content (AvgIpc) is 2.57. The molecule has 0 aliphatic heterocycles. The van der Waals surface area contributed by atoms with Crippen molar-refractivity contribution in [2.24, 2.45) is 5.73 Å². The van der Waals surface area contributed by atoms with Crippen LogP contribution in [0.3, 0.4) is 0 Å². The lowest BCUT2D eigenvalue weighted by Gasteiger charge is -2.39. The van der Waals surface area contributed by atoms with Gasteiger partial charge in [-0.3, -0.25) is 0 Å². The van der Waals surface area contributed by atoms with Crippen LogP contribution in [-0.4, -0.2) is 18.8 Å². The van der Waals surface area contributed by atoms with Crippen molar-refractivity contribution in [1.29, 1.82) is 0 Å². The van der Waals surface area contributed by atoms with Gasteiger partial charge in [-0.15, -0.1) is 0 Å². The number of alkyl halides is 3. The van der Waals surface area contributed by atoms with Crippen molar-refractivity contribution in [3.05, 3.63) is 62.3 Å². The van der Waals surface area contributed by atoms with Crippen molar-refractivity contribution >= 4 is 34.8 Å². The second-order valence-corrected chi connectivity index (χ2v) is 8.82. The highest BCUT2D eigenvalue weighted by Gasteiger charge is 2.54. The Morgan fingerprint density at radius 2 is 1.66 bits per heavy atom. The molecular formula is C20H20Cl3F4NO. The van der Waals surface area contributed by atoms with E-state index in [-0.39, 0.29) is 31.9 Å². The standard InChI is InChI=1S/C20H20Cl3F4NO/c1-18(2,14-8-13(24)4-5-16(14)29-3)10-19(28,20(25,26)27)9-11-6-12(21)7-15(22)17(11)23/h4-8H,9-10,28H2,1-3H3. The molecular weight excluding hydrogens is 453 g/mol. The third-order valence-electron chi connectivity index (χ3n) is 4.79. The molecule has 0 aliphatic rings. The molecule has 29 heavy (non-hydrogen) atoms. The monoisotopic (exact) mass is 471 g/mol. The highest BCUT2D eigenvalue weighted by molar-refractivity contribution is 6.43. The van der Waals surface area contributed by atoms with Crippen LogP contribution >= 0.6 is 34.8 Å². The Hall–Kier alpha value is -1.21. The summed E-state index contributed by atoms with van der Waals surface area (Å²) in [5.74, 6) is -0.321. The van der Waals surface area contributed by atoms with Crippen molar-refractivity contribution in [3.63, 3.8) is 0 Å². The van der Waals surface area contributed by atoms with E-state index < -0.39 is 35.8 Å². The molecule has 1 unspecified atom stereocenters. The van der Waals surface area contributed by atoms with E-state index in [0.717, 1.165) is 6.07 Å². The molecule has 0 amide bonds. The Bertz CT molecular complexity index is 902. The van der Waals surface area contributed by atoms with Crippen LogP contribution in [-0.2, 0) is 11.8 Å². The third-order valence-corrected chi connectivity index (χ3v) is 5.85. The molecule has 0 fully saturated rings. The van der Waals surface area contributed by atoms with Crippen LogP contribution in [0.25, 0.3) is 0 Å². The number of benzene rings is 2. The van der Waals surface area contributed by atoms with Gasteiger partial charge in [-0.1, -0.05) is 48.7 Å². The molecule has 0 aromatic heterocycles. The van der Waals surface area contributed by atoms with Crippen LogP contribution in [0.15, 0.2) is 30.3 Å². The fraction of sp³-hybridized carbons (Fsp3) is 0.400. The highest BCUT2D eigenvalue weighted by atomic mass is 35.5. The van der Waals surface area contributed by atoms with E-state index >= 15 is 0 Å². The molecule has 1 atom stereocenters. The van der Waals surface area contributed by atoms with Gasteiger partial charge in [0, 0.05) is 17.0 Å². The second-order valence-electron chi connectivity index (χ2n) is 7.60. The predicted molar refractivity (Wildman–Crippen MR) is 109 cm³/mol. The number of hydrogen-bond acceptors (Lipinski definition) is 2. The molecule has 0 radical (unpaired) electrons. The van der Waals surface area contributed by atoms with Crippen molar-refractivity contribution in [2.45, 2.75) is 43.8 Å². The van der Waals surface area contributed by atoms with E-state index in [4.69, 9.17) is 45.3 Å². The van der Waals surface area contributed by atoms with Crippen molar-refractivity contribution < 1.29 is 22.3 Å². The summed E-state index contributed by atoms with van der Waals surface area (Å²) in [4.78, 5) is 0. The molecule has 2 aromatic carbocycles. The Labute approximate surface area is 181 Å². The highest BCUT2D eigenvalue weighted by Crippen LogP contribution is 2.45. The molecule has 0 bridgehead atoms. The smallest absolute Gasteiger partial charge is 0.406 e. The van der Waals surface area contributed by atoms with Gasteiger partial charge >= 0.3 is 6.18 Å². The number of ether oxygens (including phenoxy) is 1. The predicted octanol–water partition coefficient (Wildman–Crippen LogP) is 6.96. The fourth-order valence-electron chi connectivity index (χ4n) is 3.43. The van der Waals surface area contributed by atoms with Gasteiger partial charge in [-0.05, 0) is 47.7 Å². The Balaban J connectivity index is 2.52. The first kappa shape index (κ1) is 24.1. The summed E-state index contributed by atoms with van der Waals surface area (Å²) in [6.07, 6.45) is -6.01. The van der Waals surface area contributed by atoms with E-state index in [9.17, 15) is 17.6 Å². The summed E-state index contributed by atoms with van der Waals surface area (Å²) in [6, 6.07) is 6.33. The quantitative estimate of drug-likeness (QED) is 0.364. The van der Waals surface area contributed by atoms with Gasteiger partial charge < -0.3 is 10.5 Å². The largest absolute Gasteiger partial charge is 0.496 e. The van der Waals surface area contributed by atoms with Gasteiger partial charge in [0.25, 0.3) is 0 Å². The van der Waals surface area contributed by atoms with Gasteiger partial charge in [-0.25, -0.2) is 4.39 Å². The minimum absolute atomic E-state index is 0.0322. The Morgan fingerprint density at radius 3 is 2.21 bits per heavy atom. The number of rotatable bonds is 6. The number of methoxy groups -OCH3 is 1. The summed E-state index contributed by atoms with van der Waals surface area (Å²) in [5, 5.41) is 0.131. The number of halogens is 7. The minimum Gasteiger partial charge on any atom is -0.496 e. The molecule has 2 aromatic rings. The maximum absolute atomic E-state index is 14.1. The van der Waals surface area contributed by atoms with Crippen LogP contribution in [0.1, 0.15) is 31.4 Å². The van der Waals surface area contributed by atoms with Crippen LogP contribution in [0, 0.1) is 5.82 Å². The Morgan fingerprint density at radius 1 is 1.03 bits per heavy atom. The van der Waals surface area contributed by atoms with Gasteiger partial charge in [0.1, 0.15) is 17.1 Å². The van der Waals surface area contributed by atoms with Crippen molar-refractivity contribution in [3.8, 4) is 5.75 Å². The van der Waals surface area contributed by atoms with Gasteiger partial charge in [0.15, 0.2) is 0 Å². The zero-order chi connectivity index (χ0) is 22.2. The van der Waals surface area contributed by atoms with Gasteiger partial charge in [0.05, 0.1) is 17.2 Å². The van der Waals surface area contributed by atoms with Gasteiger partial charge in [-0.2, -0.15) is 13.2 Å². The van der Waals surface area contributed by atoms with Crippen LogP contribution < -0.4 is 10.5 Å². The molecule has 160 valence electrons. The second kappa shape index (κ2) is 8.50. The molecule has 0 heterocycles. The summed E-state index contributed by atoms with van der Waals surface area (Å²) in [7, 11) is 1.36. The zero-order valence-corrected chi connectivity index (χ0v) is 18.2.